The summed E-state index contributed by atoms with van der Waals surface area (Å²) in [6.45, 7) is 2.95. The lowest BCUT2D eigenvalue weighted by atomic mass is 10.2. The average Bonchev–Trinajstić information content (AvgIpc) is 2.35. The van der Waals surface area contributed by atoms with Crippen LogP contribution in [0.15, 0.2) is 12.1 Å². The molecule has 0 aromatic carbocycles. The van der Waals surface area contributed by atoms with Crippen LogP contribution >= 0.6 is 11.6 Å². The Balaban J connectivity index is 2.47. The summed E-state index contributed by atoms with van der Waals surface area (Å²) < 4.78 is 4.98. The van der Waals surface area contributed by atoms with Gasteiger partial charge in [0.1, 0.15) is 11.0 Å². The highest BCUT2D eigenvalue weighted by Crippen LogP contribution is 2.14. The lowest BCUT2D eigenvalue weighted by Gasteiger charge is -2.16. The third kappa shape index (κ3) is 5.87. The van der Waals surface area contributed by atoms with Crippen molar-refractivity contribution in [2.24, 2.45) is 0 Å². The number of aromatic carboxylic acids is 1. The lowest BCUT2D eigenvalue weighted by molar-refractivity contribution is 0.0697. The molecule has 0 unspecified atom stereocenters. The molecule has 6 nitrogen and oxygen atoms in total. The molecule has 0 aliphatic carbocycles. The third-order valence-corrected chi connectivity index (χ3v) is 2.71. The van der Waals surface area contributed by atoms with E-state index in [0.29, 0.717) is 19.0 Å². The number of hydrogen-bond donors (Lipinski definition) is 2. The fourth-order valence-electron chi connectivity index (χ4n) is 1.44. The largest absolute Gasteiger partial charge is 0.478 e. The molecule has 106 valence electrons. The molecule has 0 aliphatic rings. The molecule has 0 saturated heterocycles. The van der Waals surface area contributed by atoms with E-state index in [9.17, 15) is 4.79 Å². The van der Waals surface area contributed by atoms with E-state index in [4.69, 9.17) is 21.4 Å². The number of rotatable bonds is 8. The molecular weight excluding hydrogens is 270 g/mol. The van der Waals surface area contributed by atoms with Gasteiger partial charge in [0, 0.05) is 26.7 Å². The summed E-state index contributed by atoms with van der Waals surface area (Å²) >= 11 is 5.76. The van der Waals surface area contributed by atoms with Crippen LogP contribution < -0.4 is 5.32 Å². The number of carboxylic acids is 1. The second-order valence-corrected chi connectivity index (χ2v) is 4.48. The molecule has 0 bridgehead atoms. The van der Waals surface area contributed by atoms with Crippen LogP contribution in [0.1, 0.15) is 10.4 Å². The predicted molar refractivity (Wildman–Crippen MR) is 74.1 cm³/mol. The number of aromatic nitrogens is 1. The molecule has 1 rings (SSSR count). The van der Waals surface area contributed by atoms with Gasteiger partial charge in [-0.25, -0.2) is 9.78 Å². The summed E-state index contributed by atoms with van der Waals surface area (Å²) in [5.41, 5.74) is 0.121. The maximum atomic E-state index is 10.9. The fourth-order valence-corrected chi connectivity index (χ4v) is 1.65. The topological polar surface area (TPSA) is 74.7 Å². The van der Waals surface area contributed by atoms with Crippen molar-refractivity contribution < 1.29 is 14.6 Å². The summed E-state index contributed by atoms with van der Waals surface area (Å²) in [6.07, 6.45) is 0. The molecule has 19 heavy (non-hydrogen) atoms. The molecule has 0 atom stereocenters. The van der Waals surface area contributed by atoms with Crippen LogP contribution in [0.25, 0.3) is 0 Å². The highest BCUT2D eigenvalue weighted by Gasteiger charge is 2.07. The molecule has 0 spiro atoms. The molecule has 1 heterocycles. The molecule has 1 aromatic heterocycles. The van der Waals surface area contributed by atoms with Crippen molar-refractivity contribution >= 4 is 23.4 Å². The molecular formula is C12H18ClN3O3. The number of pyridine rings is 1. The third-order valence-electron chi connectivity index (χ3n) is 2.52. The van der Waals surface area contributed by atoms with Crippen molar-refractivity contribution in [3.05, 3.63) is 22.8 Å². The fraction of sp³-hybridized carbons (Fsp3) is 0.500. The van der Waals surface area contributed by atoms with Gasteiger partial charge in [0.15, 0.2) is 0 Å². The van der Waals surface area contributed by atoms with E-state index >= 15 is 0 Å². The van der Waals surface area contributed by atoms with Gasteiger partial charge < -0.3 is 20.1 Å². The standard InChI is InChI=1S/C12H18ClN3O3/c1-16(5-6-19-2)4-3-14-11-8-9(12(17)18)7-10(13)15-11/h7-8H,3-6H2,1-2H3,(H,14,15)(H,17,18). The summed E-state index contributed by atoms with van der Waals surface area (Å²) in [7, 11) is 3.64. The normalized spacial score (nSPS) is 10.7. The van der Waals surface area contributed by atoms with Crippen molar-refractivity contribution in [3.63, 3.8) is 0 Å². The number of carboxylic acid groups (broad SMARTS) is 1. The number of anilines is 1. The van der Waals surface area contributed by atoms with E-state index in [1.807, 2.05) is 7.05 Å². The van der Waals surface area contributed by atoms with Crippen molar-refractivity contribution in [2.75, 3.05) is 45.7 Å². The van der Waals surface area contributed by atoms with E-state index in [1.54, 1.807) is 7.11 Å². The number of nitrogens with zero attached hydrogens (tertiary/aromatic N) is 2. The summed E-state index contributed by atoms with van der Waals surface area (Å²) in [6, 6.07) is 2.78. The quantitative estimate of drug-likeness (QED) is 0.705. The number of ether oxygens (including phenoxy) is 1. The first-order chi connectivity index (χ1) is 9.02. The van der Waals surface area contributed by atoms with Gasteiger partial charge in [-0.15, -0.1) is 0 Å². The Morgan fingerprint density at radius 2 is 2.26 bits per heavy atom. The SMILES string of the molecule is COCCN(C)CCNc1cc(C(=O)O)cc(Cl)n1. The van der Waals surface area contributed by atoms with E-state index in [2.05, 4.69) is 15.2 Å². The first-order valence-electron chi connectivity index (χ1n) is 5.85. The van der Waals surface area contributed by atoms with Crippen LogP contribution in [-0.2, 0) is 4.74 Å². The molecule has 7 heteroatoms. The first kappa shape index (κ1) is 15.7. The van der Waals surface area contributed by atoms with Crippen LogP contribution in [0.5, 0.6) is 0 Å². The lowest BCUT2D eigenvalue weighted by Crippen LogP contribution is -2.28. The van der Waals surface area contributed by atoms with Crippen molar-refractivity contribution in [2.45, 2.75) is 0 Å². The van der Waals surface area contributed by atoms with Gasteiger partial charge in [-0.2, -0.15) is 0 Å². The Labute approximate surface area is 117 Å². The number of halogens is 1. The minimum Gasteiger partial charge on any atom is -0.478 e. The minimum absolute atomic E-state index is 0.121. The number of carbonyl (C=O) groups is 1. The highest BCUT2D eigenvalue weighted by atomic mass is 35.5. The van der Waals surface area contributed by atoms with Gasteiger partial charge >= 0.3 is 5.97 Å². The summed E-state index contributed by atoms with van der Waals surface area (Å²) in [5, 5.41) is 12.1. The Kier molecular flexibility index (Phi) is 6.55. The Hall–Kier alpha value is -1.37. The molecule has 0 aliphatic heterocycles. The van der Waals surface area contributed by atoms with Crippen molar-refractivity contribution in [3.8, 4) is 0 Å². The number of hydrogen-bond acceptors (Lipinski definition) is 5. The van der Waals surface area contributed by atoms with Gasteiger partial charge in [-0.1, -0.05) is 11.6 Å². The number of nitrogens with one attached hydrogen (secondary N) is 1. The smallest absolute Gasteiger partial charge is 0.335 e. The second-order valence-electron chi connectivity index (χ2n) is 4.09. The molecule has 0 saturated carbocycles. The van der Waals surface area contributed by atoms with Gasteiger partial charge in [-0.05, 0) is 19.2 Å². The Morgan fingerprint density at radius 3 is 2.89 bits per heavy atom. The average molecular weight is 288 g/mol. The maximum absolute atomic E-state index is 10.9. The van der Waals surface area contributed by atoms with Crippen LogP contribution in [-0.4, -0.2) is 61.4 Å². The van der Waals surface area contributed by atoms with Crippen molar-refractivity contribution in [1.82, 2.24) is 9.88 Å². The molecule has 1 aromatic rings. The van der Waals surface area contributed by atoms with Crippen LogP contribution in [0.2, 0.25) is 5.15 Å². The Morgan fingerprint density at radius 1 is 1.53 bits per heavy atom. The zero-order valence-electron chi connectivity index (χ0n) is 11.0. The molecule has 2 N–H and O–H groups in total. The van der Waals surface area contributed by atoms with Crippen LogP contribution in [0.3, 0.4) is 0 Å². The van der Waals surface area contributed by atoms with Gasteiger partial charge in [0.2, 0.25) is 0 Å². The second kappa shape index (κ2) is 7.93. The van der Waals surface area contributed by atoms with E-state index < -0.39 is 5.97 Å². The van der Waals surface area contributed by atoms with Gasteiger partial charge in [0.05, 0.1) is 12.2 Å². The molecule has 0 radical (unpaired) electrons. The highest BCUT2D eigenvalue weighted by molar-refractivity contribution is 6.29. The van der Waals surface area contributed by atoms with Gasteiger partial charge in [0.25, 0.3) is 0 Å². The number of likely N-dealkylation sites (N-methyl/N-ethyl adjacent to an activating group) is 1. The summed E-state index contributed by atoms with van der Waals surface area (Å²) in [5.74, 6) is -0.561. The molecule has 0 amide bonds. The van der Waals surface area contributed by atoms with E-state index in [1.165, 1.54) is 12.1 Å². The Bertz CT molecular complexity index is 429. The van der Waals surface area contributed by atoms with E-state index in [-0.39, 0.29) is 10.7 Å². The van der Waals surface area contributed by atoms with Gasteiger partial charge in [-0.3, -0.25) is 0 Å². The predicted octanol–water partition coefficient (Wildman–Crippen LogP) is 1.42. The first-order valence-corrected chi connectivity index (χ1v) is 6.23. The van der Waals surface area contributed by atoms with Crippen LogP contribution in [0, 0.1) is 0 Å². The monoisotopic (exact) mass is 287 g/mol. The number of methoxy groups -OCH3 is 1. The zero-order chi connectivity index (χ0) is 14.3. The minimum atomic E-state index is -1.02. The van der Waals surface area contributed by atoms with Crippen molar-refractivity contribution in [1.29, 1.82) is 0 Å². The molecule has 0 fully saturated rings. The van der Waals surface area contributed by atoms with E-state index in [0.717, 1.165) is 13.1 Å². The van der Waals surface area contributed by atoms with Crippen LogP contribution in [0.4, 0.5) is 5.82 Å². The summed E-state index contributed by atoms with van der Waals surface area (Å²) in [4.78, 5) is 17.0. The zero-order valence-corrected chi connectivity index (χ0v) is 11.8. The maximum Gasteiger partial charge on any atom is 0.335 e.